The van der Waals surface area contributed by atoms with Crippen LogP contribution in [-0.4, -0.2) is 96.7 Å². The summed E-state index contributed by atoms with van der Waals surface area (Å²) in [6.07, 6.45) is 88.4. The van der Waals surface area contributed by atoms with Crippen LogP contribution in [0.3, 0.4) is 0 Å². The van der Waals surface area contributed by atoms with Gasteiger partial charge in [-0.2, -0.15) is 0 Å². The molecule has 5 atom stereocenters. The van der Waals surface area contributed by atoms with Crippen molar-refractivity contribution in [3.8, 4) is 0 Å². The van der Waals surface area contributed by atoms with Gasteiger partial charge in [0.2, 0.25) is 0 Å². The number of hydrogen-bond acceptors (Lipinski definition) is 15. The Hall–Kier alpha value is -4.80. The highest BCUT2D eigenvalue weighted by Gasteiger charge is 2.30. The quantitative estimate of drug-likeness (QED) is 0.0169. The molecule has 0 aromatic carbocycles. The molecule has 0 spiro atoms. The van der Waals surface area contributed by atoms with E-state index in [2.05, 4.69) is 161 Å². The molecule has 5 unspecified atom stereocenters. The van der Waals surface area contributed by atoms with Crippen LogP contribution in [0.5, 0.6) is 0 Å². The maximum absolute atomic E-state index is 13.1. The third-order valence-corrected chi connectivity index (χ3v) is 19.0. The number of aliphatic hydroxyl groups excluding tert-OH is 1. The molecule has 0 aromatic rings. The lowest BCUT2D eigenvalue weighted by Gasteiger charge is -2.21. The van der Waals surface area contributed by atoms with E-state index in [1.165, 1.54) is 38.5 Å². The van der Waals surface area contributed by atoms with Crippen molar-refractivity contribution in [1.82, 2.24) is 0 Å². The molecule has 0 amide bonds. The number of carbonyl (C=O) groups is 4. The van der Waals surface area contributed by atoms with E-state index in [1.54, 1.807) is 0 Å². The molecule has 0 bridgehead atoms. The fraction of sp³-hybridized carbons (Fsp3) is 0.701. The van der Waals surface area contributed by atoms with E-state index in [0.717, 1.165) is 218 Å². The van der Waals surface area contributed by atoms with Crippen LogP contribution in [0.15, 0.2) is 134 Å². The summed E-state index contributed by atoms with van der Waals surface area (Å²) in [5, 5.41) is 10.7. The molecule has 0 radical (unpaired) electrons. The van der Waals surface area contributed by atoms with Gasteiger partial charge in [-0.25, -0.2) is 9.13 Å². The number of rotatable bonds is 77. The molecule has 17 nitrogen and oxygen atoms in total. The molecular weight excluding hydrogens is 1380 g/mol. The summed E-state index contributed by atoms with van der Waals surface area (Å²) in [5.74, 6) is -2.22. The number of phosphoric acid groups is 2. The van der Waals surface area contributed by atoms with Gasteiger partial charge in [-0.3, -0.25) is 37.3 Å². The largest absolute Gasteiger partial charge is 0.472 e. The number of allylic oxidation sites excluding steroid dienone is 22. The second kappa shape index (κ2) is 78.3. The lowest BCUT2D eigenvalue weighted by atomic mass is 10.1. The summed E-state index contributed by atoms with van der Waals surface area (Å²) in [5.41, 5.74) is 0. The first-order chi connectivity index (χ1) is 51.7. The van der Waals surface area contributed by atoms with Crippen LogP contribution in [0.4, 0.5) is 0 Å². The zero-order valence-corrected chi connectivity index (χ0v) is 68.4. The fourth-order valence-electron chi connectivity index (χ4n) is 10.8. The number of aliphatic hydroxyl groups is 1. The van der Waals surface area contributed by atoms with Crippen molar-refractivity contribution in [1.29, 1.82) is 0 Å². The summed E-state index contributed by atoms with van der Waals surface area (Å²) in [7, 11) is -9.98. The van der Waals surface area contributed by atoms with Crippen LogP contribution in [-0.2, 0) is 65.4 Å². The number of phosphoric ester groups is 2. The summed E-state index contributed by atoms with van der Waals surface area (Å²) in [4.78, 5) is 73.2. The van der Waals surface area contributed by atoms with Gasteiger partial charge in [0.05, 0.1) is 26.4 Å². The van der Waals surface area contributed by atoms with E-state index < -0.39 is 97.5 Å². The minimum Gasteiger partial charge on any atom is -0.462 e. The SMILES string of the molecule is CC/C=C\C/C=C\C/C=C\C/C=C\CCCCCCCCC(=O)OCC(COP(=O)(O)OCC(O)COP(=O)(O)OCC(COC(=O)CCCCCCCCC/C=C\C/C=C\C/C=C\CC)OC(=O)CCCCCCC/C=C\C/C=C\CCCCC)OC(=O)CCCCCCC/C=C\C/C=C\CCCCC. The molecule has 0 saturated heterocycles. The summed E-state index contributed by atoms with van der Waals surface area (Å²) < 4.78 is 68.7. The van der Waals surface area contributed by atoms with E-state index in [9.17, 15) is 43.2 Å². The van der Waals surface area contributed by atoms with E-state index in [4.69, 9.17) is 37.0 Å². The van der Waals surface area contributed by atoms with Crippen LogP contribution in [0.25, 0.3) is 0 Å². The number of carbonyl (C=O) groups excluding carboxylic acids is 4. The van der Waals surface area contributed by atoms with E-state index in [-0.39, 0.29) is 25.7 Å². The van der Waals surface area contributed by atoms with Gasteiger partial charge in [-0.15, -0.1) is 0 Å². The van der Waals surface area contributed by atoms with Crippen LogP contribution in [0.1, 0.15) is 336 Å². The van der Waals surface area contributed by atoms with Crippen molar-refractivity contribution in [3.63, 3.8) is 0 Å². The molecule has 0 rings (SSSR count). The zero-order chi connectivity index (χ0) is 77.4. The molecule has 608 valence electrons. The van der Waals surface area contributed by atoms with Crippen LogP contribution < -0.4 is 0 Å². The zero-order valence-electron chi connectivity index (χ0n) is 66.6. The third-order valence-electron chi connectivity index (χ3n) is 17.1. The van der Waals surface area contributed by atoms with Crippen molar-refractivity contribution in [2.45, 2.75) is 354 Å². The van der Waals surface area contributed by atoms with Gasteiger partial charge in [-0.05, 0) is 161 Å². The van der Waals surface area contributed by atoms with Gasteiger partial charge in [0.15, 0.2) is 12.2 Å². The standard InChI is InChI=1S/C87H148O17P2/c1-5-9-13-17-21-25-29-33-37-39-40-42-46-48-52-56-60-64-68-72-85(90)98-78-83(104-87(92)74-70-66-62-58-54-50-44-36-32-28-24-20-16-12-8-4)80-102-106(95,96)100-76-81(88)75-99-105(93,94)101-79-82(103-86(91)73-69-65-61-57-53-49-43-35-31-27-23-19-15-11-7-3)77-97-84(89)71-67-63-59-55-51-47-45-41-38-34-30-26-22-18-14-10-6-2/h9-10,13-14,21-28,33-38,40,42-44,81-83,88H,5-8,11-12,15-20,29-32,39,41,45-80H2,1-4H3,(H,93,94)(H,95,96)/b13-9-,14-10-,25-21-,26-22-,27-23-,28-24-,37-33-,38-34-,42-40-,43-35-,44-36-. The Kier molecular flexibility index (Phi) is 74.8. The minimum atomic E-state index is -4.99. The highest BCUT2D eigenvalue weighted by atomic mass is 31.2. The molecule has 19 heteroatoms. The van der Waals surface area contributed by atoms with E-state index in [0.29, 0.717) is 25.7 Å². The highest BCUT2D eigenvalue weighted by molar-refractivity contribution is 7.47. The third kappa shape index (κ3) is 77.4. The topological polar surface area (TPSA) is 237 Å². The molecule has 3 N–H and O–H groups in total. The normalized spacial score (nSPS) is 14.5. The number of hydrogen-bond donors (Lipinski definition) is 3. The van der Waals surface area contributed by atoms with Gasteiger partial charge >= 0.3 is 39.5 Å². The van der Waals surface area contributed by atoms with Gasteiger partial charge in [0, 0.05) is 25.7 Å². The summed E-state index contributed by atoms with van der Waals surface area (Å²) in [6.45, 7) is 4.57. The molecule has 0 heterocycles. The predicted molar refractivity (Wildman–Crippen MR) is 436 cm³/mol. The van der Waals surface area contributed by atoms with Gasteiger partial charge < -0.3 is 33.8 Å². The van der Waals surface area contributed by atoms with Crippen molar-refractivity contribution >= 4 is 39.5 Å². The first kappa shape index (κ1) is 101. The lowest BCUT2D eigenvalue weighted by Crippen LogP contribution is -2.30. The first-order valence-electron chi connectivity index (χ1n) is 41.4. The molecule has 0 aliphatic rings. The molecule has 0 saturated carbocycles. The molecule has 0 aromatic heterocycles. The summed E-state index contributed by atoms with van der Waals surface area (Å²) >= 11 is 0. The van der Waals surface area contributed by atoms with E-state index >= 15 is 0 Å². The van der Waals surface area contributed by atoms with Gasteiger partial charge in [0.1, 0.15) is 19.3 Å². The maximum atomic E-state index is 13.1. The molecule has 0 aliphatic heterocycles. The molecule has 0 aliphatic carbocycles. The Morgan fingerprint density at radius 1 is 0.274 bits per heavy atom. The van der Waals surface area contributed by atoms with E-state index in [1.807, 2.05) is 0 Å². The van der Waals surface area contributed by atoms with Crippen LogP contribution in [0.2, 0.25) is 0 Å². The number of ether oxygens (including phenoxy) is 4. The molecular formula is C87H148O17P2. The van der Waals surface area contributed by atoms with Gasteiger partial charge in [-0.1, -0.05) is 283 Å². The minimum absolute atomic E-state index is 0.0727. The Morgan fingerprint density at radius 2 is 0.491 bits per heavy atom. The monoisotopic (exact) mass is 1530 g/mol. The van der Waals surface area contributed by atoms with Crippen LogP contribution >= 0.6 is 15.6 Å². The Balaban J connectivity index is 5.40. The Bertz CT molecular complexity index is 2530. The average molecular weight is 1530 g/mol. The highest BCUT2D eigenvalue weighted by Crippen LogP contribution is 2.45. The lowest BCUT2D eigenvalue weighted by molar-refractivity contribution is -0.161. The second-order valence-electron chi connectivity index (χ2n) is 27.3. The van der Waals surface area contributed by atoms with Gasteiger partial charge in [0.25, 0.3) is 0 Å². The van der Waals surface area contributed by atoms with Crippen molar-refractivity contribution in [2.75, 3.05) is 39.6 Å². The van der Waals surface area contributed by atoms with Crippen molar-refractivity contribution < 1.29 is 80.2 Å². The molecule has 0 fully saturated rings. The summed E-state index contributed by atoms with van der Waals surface area (Å²) in [6, 6.07) is 0. The number of esters is 4. The van der Waals surface area contributed by atoms with Crippen LogP contribution in [0, 0.1) is 0 Å². The Labute approximate surface area is 644 Å². The van der Waals surface area contributed by atoms with Crippen molar-refractivity contribution in [3.05, 3.63) is 134 Å². The molecule has 106 heavy (non-hydrogen) atoms. The number of unbranched alkanes of at least 4 members (excludes halogenated alkanes) is 29. The smallest absolute Gasteiger partial charge is 0.462 e. The average Bonchev–Trinajstić information content (AvgIpc) is 0.909. The first-order valence-corrected chi connectivity index (χ1v) is 44.4. The maximum Gasteiger partial charge on any atom is 0.472 e. The fourth-order valence-corrected chi connectivity index (χ4v) is 12.4. The Morgan fingerprint density at radius 3 is 0.755 bits per heavy atom. The predicted octanol–water partition coefficient (Wildman–Crippen LogP) is 24.4. The van der Waals surface area contributed by atoms with Crippen molar-refractivity contribution in [2.24, 2.45) is 0 Å². The second-order valence-corrected chi connectivity index (χ2v) is 30.2.